The summed E-state index contributed by atoms with van der Waals surface area (Å²) in [5, 5.41) is 0.910. The van der Waals surface area contributed by atoms with Gasteiger partial charge in [0.2, 0.25) is 0 Å². The lowest BCUT2D eigenvalue weighted by Gasteiger charge is -2.05. The Labute approximate surface area is 101 Å². The molecule has 1 amide bonds. The number of nitrogens with two attached hydrogens (primary N) is 1. The molecule has 0 fully saturated rings. The third-order valence-corrected chi connectivity index (χ3v) is 2.79. The topological polar surface area (TPSA) is 68.0 Å². The molecule has 1 aromatic carbocycles. The molecule has 0 spiro atoms. The highest BCUT2D eigenvalue weighted by Crippen LogP contribution is 2.22. The number of nitrogens with zero attached hydrogens (tertiary/aromatic N) is 1. The standard InChI is InChI=1S/C11H10BrN3O/c1-6-2-9(12)4-7-3-8(11(16)15-13)5-14-10(6)7/h2-5H,13H2,1H3,(H,15,16). The molecule has 0 bridgehead atoms. The highest BCUT2D eigenvalue weighted by atomic mass is 79.9. The van der Waals surface area contributed by atoms with E-state index in [0.29, 0.717) is 5.56 Å². The van der Waals surface area contributed by atoms with Crippen molar-refractivity contribution in [3.05, 3.63) is 40.0 Å². The molecule has 3 N–H and O–H groups in total. The van der Waals surface area contributed by atoms with Gasteiger partial charge in [0.1, 0.15) is 0 Å². The number of hydrogen-bond donors (Lipinski definition) is 2. The number of nitrogens with one attached hydrogen (secondary N) is 1. The highest BCUT2D eigenvalue weighted by molar-refractivity contribution is 9.10. The molecule has 82 valence electrons. The van der Waals surface area contributed by atoms with E-state index in [2.05, 4.69) is 26.3 Å². The number of carbonyl (C=O) groups is 1. The number of nitrogen functional groups attached to an aromatic ring is 1. The molecule has 0 atom stereocenters. The van der Waals surface area contributed by atoms with Crippen molar-refractivity contribution in [1.29, 1.82) is 0 Å². The largest absolute Gasteiger partial charge is 0.290 e. The average Bonchev–Trinajstić information content (AvgIpc) is 2.27. The van der Waals surface area contributed by atoms with Crippen molar-refractivity contribution in [3.63, 3.8) is 0 Å². The van der Waals surface area contributed by atoms with Crippen LogP contribution in [-0.4, -0.2) is 10.9 Å². The number of halogens is 1. The number of aromatic nitrogens is 1. The SMILES string of the molecule is Cc1cc(Br)cc2cc(C(=O)NN)cnc12. The second kappa shape index (κ2) is 4.19. The van der Waals surface area contributed by atoms with Gasteiger partial charge in [-0.2, -0.15) is 0 Å². The predicted octanol–water partition coefficient (Wildman–Crippen LogP) is 1.91. The van der Waals surface area contributed by atoms with E-state index in [1.54, 1.807) is 6.07 Å². The maximum Gasteiger partial charge on any atom is 0.266 e. The molecule has 0 aliphatic carbocycles. The van der Waals surface area contributed by atoms with Crippen LogP contribution in [0, 0.1) is 6.92 Å². The fraction of sp³-hybridized carbons (Fsp3) is 0.0909. The molecule has 5 heteroatoms. The number of aryl methyl sites for hydroxylation is 1. The van der Waals surface area contributed by atoms with Crippen LogP contribution in [0.25, 0.3) is 10.9 Å². The van der Waals surface area contributed by atoms with Crippen molar-refractivity contribution in [2.24, 2.45) is 5.84 Å². The average molecular weight is 280 g/mol. The molecule has 0 radical (unpaired) electrons. The molecule has 0 aliphatic heterocycles. The monoisotopic (exact) mass is 279 g/mol. The zero-order valence-electron chi connectivity index (χ0n) is 8.62. The van der Waals surface area contributed by atoms with Gasteiger partial charge in [-0.15, -0.1) is 0 Å². The van der Waals surface area contributed by atoms with Gasteiger partial charge in [-0.3, -0.25) is 15.2 Å². The lowest BCUT2D eigenvalue weighted by Crippen LogP contribution is -2.30. The van der Waals surface area contributed by atoms with Gasteiger partial charge in [0.25, 0.3) is 5.91 Å². The third kappa shape index (κ3) is 1.91. The summed E-state index contributed by atoms with van der Waals surface area (Å²) in [6.45, 7) is 1.97. The number of amides is 1. The van der Waals surface area contributed by atoms with Gasteiger partial charge in [-0.1, -0.05) is 15.9 Å². The first-order chi connectivity index (χ1) is 7.61. The number of hydrogen-bond acceptors (Lipinski definition) is 3. The van der Waals surface area contributed by atoms with Crippen molar-refractivity contribution in [2.75, 3.05) is 0 Å². The molecule has 0 saturated heterocycles. The van der Waals surface area contributed by atoms with Crippen LogP contribution in [0.1, 0.15) is 15.9 Å². The van der Waals surface area contributed by atoms with Crippen LogP contribution in [0.3, 0.4) is 0 Å². The summed E-state index contributed by atoms with van der Waals surface area (Å²) in [4.78, 5) is 15.6. The van der Waals surface area contributed by atoms with E-state index >= 15 is 0 Å². The quantitative estimate of drug-likeness (QED) is 0.476. The molecule has 0 aliphatic rings. The summed E-state index contributed by atoms with van der Waals surface area (Å²) in [6, 6.07) is 5.67. The minimum Gasteiger partial charge on any atom is -0.290 e. The lowest BCUT2D eigenvalue weighted by atomic mass is 10.1. The number of hydrazine groups is 1. The second-order valence-corrected chi connectivity index (χ2v) is 4.41. The van der Waals surface area contributed by atoms with E-state index in [1.165, 1.54) is 6.20 Å². The number of fused-ring (bicyclic) bond motifs is 1. The smallest absolute Gasteiger partial charge is 0.266 e. The first-order valence-corrected chi connectivity index (χ1v) is 5.48. The Balaban J connectivity index is 2.66. The van der Waals surface area contributed by atoms with Crippen LogP contribution < -0.4 is 11.3 Å². The Kier molecular flexibility index (Phi) is 2.89. The van der Waals surface area contributed by atoms with Gasteiger partial charge in [0.15, 0.2) is 0 Å². The lowest BCUT2D eigenvalue weighted by molar-refractivity contribution is 0.0953. The van der Waals surface area contributed by atoms with Crippen molar-refractivity contribution >= 4 is 32.7 Å². The van der Waals surface area contributed by atoms with E-state index < -0.39 is 0 Å². The van der Waals surface area contributed by atoms with E-state index in [1.807, 2.05) is 19.1 Å². The van der Waals surface area contributed by atoms with Gasteiger partial charge in [0.05, 0.1) is 11.1 Å². The summed E-state index contributed by atoms with van der Waals surface area (Å²) in [7, 11) is 0. The van der Waals surface area contributed by atoms with E-state index in [0.717, 1.165) is 20.9 Å². The molecule has 0 unspecified atom stereocenters. The molecule has 1 aromatic heterocycles. The molecular weight excluding hydrogens is 270 g/mol. The van der Waals surface area contributed by atoms with Gasteiger partial charge in [-0.25, -0.2) is 5.84 Å². The van der Waals surface area contributed by atoms with Gasteiger partial charge < -0.3 is 0 Å². The Hall–Kier alpha value is -1.46. The fourth-order valence-corrected chi connectivity index (χ4v) is 2.18. The molecule has 2 aromatic rings. The summed E-state index contributed by atoms with van der Waals surface area (Å²) in [6.07, 6.45) is 1.52. The van der Waals surface area contributed by atoms with Gasteiger partial charge >= 0.3 is 0 Å². The zero-order chi connectivity index (χ0) is 11.7. The van der Waals surface area contributed by atoms with Gasteiger partial charge in [-0.05, 0) is 30.7 Å². The summed E-state index contributed by atoms with van der Waals surface area (Å²) in [5.74, 6) is 4.73. The Morgan fingerprint density at radius 3 is 2.88 bits per heavy atom. The van der Waals surface area contributed by atoms with Crippen LogP contribution in [0.5, 0.6) is 0 Å². The first kappa shape index (κ1) is 11.0. The molecule has 1 heterocycles. The first-order valence-electron chi connectivity index (χ1n) is 4.68. The Bertz CT molecular complexity index is 568. The minimum atomic E-state index is -0.341. The van der Waals surface area contributed by atoms with E-state index in [9.17, 15) is 4.79 Å². The minimum absolute atomic E-state index is 0.341. The number of benzene rings is 1. The molecule has 0 saturated carbocycles. The number of carbonyl (C=O) groups excluding carboxylic acids is 1. The van der Waals surface area contributed by atoms with Crippen molar-refractivity contribution in [2.45, 2.75) is 6.92 Å². The normalized spacial score (nSPS) is 10.4. The summed E-state index contributed by atoms with van der Waals surface area (Å²) < 4.78 is 0.963. The fourth-order valence-electron chi connectivity index (χ4n) is 1.59. The Morgan fingerprint density at radius 2 is 2.19 bits per heavy atom. The summed E-state index contributed by atoms with van der Waals surface area (Å²) in [5.41, 5.74) is 4.48. The molecular formula is C11H10BrN3O. The van der Waals surface area contributed by atoms with Gasteiger partial charge in [0, 0.05) is 16.1 Å². The number of rotatable bonds is 1. The molecule has 2 rings (SSSR count). The summed E-state index contributed by atoms with van der Waals surface area (Å²) >= 11 is 3.41. The van der Waals surface area contributed by atoms with Crippen LogP contribution >= 0.6 is 15.9 Å². The highest BCUT2D eigenvalue weighted by Gasteiger charge is 2.07. The van der Waals surface area contributed by atoms with Crippen LogP contribution in [0.4, 0.5) is 0 Å². The van der Waals surface area contributed by atoms with Crippen LogP contribution in [-0.2, 0) is 0 Å². The maximum atomic E-state index is 11.3. The second-order valence-electron chi connectivity index (χ2n) is 3.49. The third-order valence-electron chi connectivity index (χ3n) is 2.33. The Morgan fingerprint density at radius 1 is 1.44 bits per heavy atom. The molecule has 4 nitrogen and oxygen atoms in total. The van der Waals surface area contributed by atoms with Crippen molar-refractivity contribution < 1.29 is 4.79 Å². The predicted molar refractivity (Wildman–Crippen MR) is 65.8 cm³/mol. The van der Waals surface area contributed by atoms with E-state index in [-0.39, 0.29) is 5.91 Å². The maximum absolute atomic E-state index is 11.3. The molecule has 16 heavy (non-hydrogen) atoms. The zero-order valence-corrected chi connectivity index (χ0v) is 10.2. The van der Waals surface area contributed by atoms with Crippen LogP contribution in [0.2, 0.25) is 0 Å². The number of pyridine rings is 1. The van der Waals surface area contributed by atoms with Crippen molar-refractivity contribution in [3.8, 4) is 0 Å². The van der Waals surface area contributed by atoms with Crippen LogP contribution in [0.15, 0.2) is 28.9 Å². The van der Waals surface area contributed by atoms with E-state index in [4.69, 9.17) is 5.84 Å². The van der Waals surface area contributed by atoms with Crippen molar-refractivity contribution in [1.82, 2.24) is 10.4 Å².